The number of ether oxygens (including phenoxy) is 1. The first-order valence-corrected chi connectivity index (χ1v) is 10.1. The van der Waals surface area contributed by atoms with Gasteiger partial charge in [0.2, 0.25) is 5.91 Å². The maximum atomic E-state index is 12.7. The highest BCUT2D eigenvalue weighted by molar-refractivity contribution is 6.35. The van der Waals surface area contributed by atoms with Gasteiger partial charge < -0.3 is 21.1 Å². The largest absolute Gasteiger partial charge is 0.467 e. The fraction of sp³-hybridized carbons (Fsp3) is 0.273. The SMILES string of the molecule is COC(=O)C1CC(NC(=O)Cc2ccc(CC#CN)cc2)c2c(Cl)cc(Cl)cc2N1. The first kappa shape index (κ1) is 21.8. The van der Waals surface area contributed by atoms with Gasteiger partial charge in [0.05, 0.1) is 19.6 Å². The molecule has 0 aliphatic carbocycles. The summed E-state index contributed by atoms with van der Waals surface area (Å²) in [5.74, 6) is 2.19. The number of halogens is 2. The zero-order valence-corrected chi connectivity index (χ0v) is 17.8. The van der Waals surface area contributed by atoms with Gasteiger partial charge in [0, 0.05) is 40.2 Å². The van der Waals surface area contributed by atoms with Crippen molar-refractivity contribution in [2.45, 2.75) is 31.3 Å². The number of esters is 1. The van der Waals surface area contributed by atoms with Crippen LogP contribution in [0.15, 0.2) is 36.4 Å². The van der Waals surface area contributed by atoms with E-state index in [1.54, 1.807) is 12.1 Å². The minimum absolute atomic E-state index is 0.183. The van der Waals surface area contributed by atoms with E-state index in [2.05, 4.69) is 22.6 Å². The van der Waals surface area contributed by atoms with Crippen LogP contribution in [-0.4, -0.2) is 25.0 Å². The van der Waals surface area contributed by atoms with Crippen molar-refractivity contribution in [1.29, 1.82) is 0 Å². The van der Waals surface area contributed by atoms with E-state index >= 15 is 0 Å². The third-order valence-corrected chi connectivity index (χ3v) is 5.38. The monoisotopic (exact) mass is 445 g/mol. The van der Waals surface area contributed by atoms with Gasteiger partial charge in [-0.2, -0.15) is 0 Å². The molecule has 1 heterocycles. The highest BCUT2D eigenvalue weighted by Gasteiger charge is 2.34. The number of amides is 1. The number of hydrogen-bond donors (Lipinski definition) is 3. The van der Waals surface area contributed by atoms with E-state index < -0.39 is 18.1 Å². The molecule has 6 nitrogen and oxygen atoms in total. The van der Waals surface area contributed by atoms with Gasteiger partial charge in [0.25, 0.3) is 0 Å². The molecule has 156 valence electrons. The lowest BCUT2D eigenvalue weighted by Gasteiger charge is -2.33. The van der Waals surface area contributed by atoms with E-state index in [9.17, 15) is 9.59 Å². The molecule has 0 saturated heterocycles. The number of nitrogens with one attached hydrogen (secondary N) is 2. The third kappa shape index (κ3) is 5.18. The molecule has 2 atom stereocenters. The fourth-order valence-electron chi connectivity index (χ4n) is 3.45. The molecule has 1 aliphatic heterocycles. The minimum atomic E-state index is -0.620. The van der Waals surface area contributed by atoms with Crippen LogP contribution >= 0.6 is 23.2 Å². The molecule has 0 fully saturated rings. The average Bonchev–Trinajstić information content (AvgIpc) is 2.71. The predicted molar refractivity (Wildman–Crippen MR) is 117 cm³/mol. The molecule has 0 bridgehead atoms. The molecule has 30 heavy (non-hydrogen) atoms. The summed E-state index contributed by atoms with van der Waals surface area (Å²) in [4.78, 5) is 24.8. The predicted octanol–water partition coefficient (Wildman–Crippen LogP) is 3.21. The van der Waals surface area contributed by atoms with Gasteiger partial charge in [-0.3, -0.25) is 4.79 Å². The average molecular weight is 446 g/mol. The molecule has 2 unspecified atom stereocenters. The summed E-state index contributed by atoms with van der Waals surface area (Å²) >= 11 is 12.5. The minimum Gasteiger partial charge on any atom is -0.467 e. The molecule has 4 N–H and O–H groups in total. The molecule has 1 amide bonds. The second kappa shape index (κ2) is 9.75. The highest BCUT2D eigenvalue weighted by Crippen LogP contribution is 2.40. The van der Waals surface area contributed by atoms with Gasteiger partial charge in [-0.1, -0.05) is 53.4 Å². The van der Waals surface area contributed by atoms with E-state index in [0.717, 1.165) is 11.1 Å². The summed E-state index contributed by atoms with van der Waals surface area (Å²) in [6.45, 7) is 0. The molecular formula is C22H21Cl2N3O3. The molecule has 2 aromatic rings. The standard InChI is InChI=1S/C22H21Cl2N3O3/c1-30-22(29)19-12-18(21-16(24)10-15(23)11-17(21)26-19)27-20(28)9-14-6-4-13(5-7-14)3-2-8-25/h4-7,10-11,18-19,26H,3,9,12,25H2,1H3,(H,27,28). The maximum absolute atomic E-state index is 12.7. The van der Waals surface area contributed by atoms with E-state index in [1.807, 2.05) is 24.3 Å². The molecule has 0 aromatic heterocycles. The smallest absolute Gasteiger partial charge is 0.328 e. The van der Waals surface area contributed by atoms with Gasteiger partial charge in [0.15, 0.2) is 0 Å². The van der Waals surface area contributed by atoms with Crippen molar-refractivity contribution >= 4 is 40.8 Å². The maximum Gasteiger partial charge on any atom is 0.328 e. The van der Waals surface area contributed by atoms with Crippen LogP contribution in [0.1, 0.15) is 29.2 Å². The Morgan fingerprint density at radius 3 is 2.60 bits per heavy atom. The zero-order chi connectivity index (χ0) is 21.7. The van der Waals surface area contributed by atoms with E-state index in [1.165, 1.54) is 7.11 Å². The van der Waals surface area contributed by atoms with E-state index in [-0.39, 0.29) is 12.3 Å². The van der Waals surface area contributed by atoms with Crippen molar-refractivity contribution in [2.75, 3.05) is 12.4 Å². The van der Waals surface area contributed by atoms with Gasteiger partial charge >= 0.3 is 5.97 Å². The number of carbonyl (C=O) groups excluding carboxylic acids is 2. The topological polar surface area (TPSA) is 93.5 Å². The van der Waals surface area contributed by atoms with Gasteiger partial charge in [-0.05, 0) is 23.3 Å². The van der Waals surface area contributed by atoms with Crippen LogP contribution in [0.4, 0.5) is 5.69 Å². The summed E-state index contributed by atoms with van der Waals surface area (Å²) in [6, 6.07) is 12.2. The Morgan fingerprint density at radius 1 is 1.23 bits per heavy atom. The number of rotatable bonds is 5. The van der Waals surface area contributed by atoms with Gasteiger partial charge in [-0.25, -0.2) is 4.79 Å². The summed E-state index contributed by atoms with van der Waals surface area (Å²) in [5.41, 5.74) is 8.37. The number of carbonyl (C=O) groups is 2. The Hall–Kier alpha value is -2.88. The third-order valence-electron chi connectivity index (χ3n) is 4.85. The van der Waals surface area contributed by atoms with Crippen LogP contribution in [0.5, 0.6) is 0 Å². The molecule has 1 aliphatic rings. The van der Waals surface area contributed by atoms with Crippen molar-refractivity contribution in [3.05, 3.63) is 63.1 Å². The summed E-state index contributed by atoms with van der Waals surface area (Å²) < 4.78 is 4.86. The molecule has 0 spiro atoms. The van der Waals surface area contributed by atoms with Crippen molar-refractivity contribution in [3.63, 3.8) is 0 Å². The molecule has 0 saturated carbocycles. The van der Waals surface area contributed by atoms with Gasteiger partial charge in [-0.15, -0.1) is 0 Å². The normalized spacial score (nSPS) is 17.0. The second-order valence-corrected chi connectivity index (χ2v) is 7.76. The molecular weight excluding hydrogens is 425 g/mol. The molecule has 8 heteroatoms. The first-order valence-electron chi connectivity index (χ1n) is 9.30. The number of anilines is 1. The number of methoxy groups -OCH3 is 1. The van der Waals surface area contributed by atoms with Crippen LogP contribution in [0.2, 0.25) is 10.0 Å². The Kier molecular flexibility index (Phi) is 7.09. The first-order chi connectivity index (χ1) is 14.4. The van der Waals surface area contributed by atoms with Crippen LogP contribution in [0.25, 0.3) is 0 Å². The quantitative estimate of drug-likeness (QED) is 0.373. The lowest BCUT2D eigenvalue weighted by atomic mass is 9.92. The Bertz CT molecular complexity index is 1010. The van der Waals surface area contributed by atoms with Crippen LogP contribution in [0.3, 0.4) is 0 Å². The summed E-state index contributed by atoms with van der Waals surface area (Å²) in [6.07, 6.45) is 1.06. The highest BCUT2D eigenvalue weighted by atomic mass is 35.5. The molecule has 2 aromatic carbocycles. The summed E-state index contributed by atoms with van der Waals surface area (Å²) in [5, 5.41) is 6.93. The fourth-order valence-corrected chi connectivity index (χ4v) is 4.07. The van der Waals surface area contributed by atoms with Crippen LogP contribution in [0, 0.1) is 12.0 Å². The summed E-state index contributed by atoms with van der Waals surface area (Å²) in [7, 11) is 1.32. The number of benzene rings is 2. The van der Waals surface area contributed by atoms with Crippen molar-refractivity contribution < 1.29 is 14.3 Å². The lowest BCUT2D eigenvalue weighted by Crippen LogP contribution is -2.42. The van der Waals surface area contributed by atoms with E-state index in [4.69, 9.17) is 33.7 Å². The Balaban J connectivity index is 1.76. The lowest BCUT2D eigenvalue weighted by molar-refractivity contribution is -0.142. The second-order valence-electron chi connectivity index (χ2n) is 6.92. The van der Waals surface area contributed by atoms with Gasteiger partial charge in [0.1, 0.15) is 6.04 Å². The number of hydrogen-bond acceptors (Lipinski definition) is 5. The van der Waals surface area contributed by atoms with Crippen molar-refractivity contribution in [2.24, 2.45) is 5.73 Å². The number of fused-ring (bicyclic) bond motifs is 1. The van der Waals surface area contributed by atoms with Crippen molar-refractivity contribution in [1.82, 2.24) is 5.32 Å². The van der Waals surface area contributed by atoms with Crippen molar-refractivity contribution in [3.8, 4) is 12.0 Å². The van der Waals surface area contributed by atoms with Crippen LogP contribution in [-0.2, 0) is 27.2 Å². The molecule has 3 rings (SSSR count). The Morgan fingerprint density at radius 2 is 1.93 bits per heavy atom. The van der Waals surface area contributed by atoms with Crippen LogP contribution < -0.4 is 16.4 Å². The van der Waals surface area contributed by atoms with E-state index in [0.29, 0.717) is 34.1 Å². The zero-order valence-electron chi connectivity index (χ0n) is 16.3. The number of nitrogens with two attached hydrogens (primary N) is 1. The Labute approximate surface area is 185 Å². The molecule has 0 radical (unpaired) electrons.